The molecule has 3 rings (SSSR count). The smallest absolute Gasteiger partial charge is 0.255 e. The molecule has 142 valence electrons. The number of aryl methyl sites for hydroxylation is 1. The fraction of sp³-hybridized carbons (Fsp3) is 0.167. The van der Waals surface area contributed by atoms with E-state index in [2.05, 4.69) is 22.8 Å². The van der Waals surface area contributed by atoms with Crippen LogP contribution in [0.5, 0.6) is 0 Å². The van der Waals surface area contributed by atoms with Gasteiger partial charge in [0.05, 0.1) is 11.3 Å². The van der Waals surface area contributed by atoms with Gasteiger partial charge in [0.25, 0.3) is 11.8 Å². The molecule has 0 aliphatic rings. The highest BCUT2D eigenvalue weighted by Gasteiger charge is 2.13. The van der Waals surface area contributed by atoms with E-state index in [1.165, 1.54) is 5.56 Å². The Morgan fingerprint density at radius 2 is 1.32 bits per heavy atom. The second kappa shape index (κ2) is 10.1. The van der Waals surface area contributed by atoms with E-state index in [9.17, 15) is 9.59 Å². The maximum atomic E-state index is 12.6. The first-order valence-electron chi connectivity index (χ1n) is 9.51. The van der Waals surface area contributed by atoms with Crippen molar-refractivity contribution in [2.45, 2.75) is 19.3 Å². The monoisotopic (exact) mass is 372 g/mol. The highest BCUT2D eigenvalue weighted by atomic mass is 16.2. The Labute approximate surface area is 165 Å². The molecule has 4 nitrogen and oxygen atoms in total. The maximum absolute atomic E-state index is 12.6. The first-order valence-corrected chi connectivity index (χ1v) is 9.51. The first kappa shape index (κ1) is 19.4. The molecule has 0 atom stereocenters. The molecule has 0 unspecified atom stereocenters. The van der Waals surface area contributed by atoms with Gasteiger partial charge in [-0.25, -0.2) is 0 Å². The molecule has 0 radical (unpaired) electrons. The van der Waals surface area contributed by atoms with Crippen molar-refractivity contribution in [2.24, 2.45) is 0 Å². The van der Waals surface area contributed by atoms with Crippen LogP contribution in [0.3, 0.4) is 0 Å². The number of carbonyl (C=O) groups is 2. The number of benzene rings is 3. The third kappa shape index (κ3) is 5.55. The lowest BCUT2D eigenvalue weighted by Crippen LogP contribution is -2.26. The Bertz CT molecular complexity index is 908. The summed E-state index contributed by atoms with van der Waals surface area (Å²) in [6, 6.07) is 26.3. The van der Waals surface area contributed by atoms with E-state index in [0.29, 0.717) is 23.4 Å². The number of rotatable bonds is 8. The van der Waals surface area contributed by atoms with Crippen molar-refractivity contribution in [3.63, 3.8) is 0 Å². The molecule has 0 heterocycles. The van der Waals surface area contributed by atoms with Crippen LogP contribution in [0.1, 0.15) is 39.1 Å². The van der Waals surface area contributed by atoms with Crippen LogP contribution >= 0.6 is 0 Å². The van der Waals surface area contributed by atoms with Crippen molar-refractivity contribution >= 4 is 17.5 Å². The molecular weight excluding hydrogens is 348 g/mol. The van der Waals surface area contributed by atoms with Crippen LogP contribution in [-0.2, 0) is 6.42 Å². The van der Waals surface area contributed by atoms with Crippen LogP contribution < -0.4 is 10.6 Å². The highest BCUT2D eigenvalue weighted by Crippen LogP contribution is 2.16. The summed E-state index contributed by atoms with van der Waals surface area (Å²) in [4.78, 5) is 24.9. The van der Waals surface area contributed by atoms with Gasteiger partial charge in [-0.3, -0.25) is 9.59 Å². The van der Waals surface area contributed by atoms with Crippen molar-refractivity contribution in [3.05, 3.63) is 102 Å². The van der Waals surface area contributed by atoms with Crippen molar-refractivity contribution in [2.75, 3.05) is 11.9 Å². The lowest BCUT2D eigenvalue weighted by atomic mass is 10.1. The van der Waals surface area contributed by atoms with Gasteiger partial charge in [0.2, 0.25) is 0 Å². The Morgan fingerprint density at radius 3 is 2.07 bits per heavy atom. The summed E-state index contributed by atoms with van der Waals surface area (Å²) in [7, 11) is 0. The number of nitrogens with one attached hydrogen (secondary N) is 2. The molecule has 0 aliphatic carbocycles. The van der Waals surface area contributed by atoms with Gasteiger partial charge in [-0.05, 0) is 49.1 Å². The normalized spacial score (nSPS) is 10.3. The molecule has 0 bridgehead atoms. The largest absolute Gasteiger partial charge is 0.352 e. The zero-order valence-corrected chi connectivity index (χ0v) is 15.7. The number of para-hydroxylation sites is 1. The van der Waals surface area contributed by atoms with E-state index in [1.807, 2.05) is 36.4 Å². The summed E-state index contributed by atoms with van der Waals surface area (Å²) in [5, 5.41) is 5.78. The molecule has 0 aliphatic heterocycles. The zero-order chi connectivity index (χ0) is 19.6. The molecule has 3 aromatic rings. The number of hydrogen-bond acceptors (Lipinski definition) is 2. The van der Waals surface area contributed by atoms with Crippen LogP contribution in [-0.4, -0.2) is 18.4 Å². The molecule has 0 saturated heterocycles. The molecule has 0 spiro atoms. The number of hydrogen-bond donors (Lipinski definition) is 2. The third-order valence-corrected chi connectivity index (χ3v) is 4.48. The molecule has 0 aromatic heterocycles. The van der Waals surface area contributed by atoms with E-state index in [0.717, 1.165) is 19.3 Å². The topological polar surface area (TPSA) is 58.2 Å². The SMILES string of the molecule is O=C(Nc1ccccc1C(=O)NCCCCc1ccccc1)c1ccccc1. The second-order valence-electron chi connectivity index (χ2n) is 6.56. The minimum absolute atomic E-state index is 0.177. The van der Waals surface area contributed by atoms with Crippen LogP contribution in [0, 0.1) is 0 Å². The fourth-order valence-corrected chi connectivity index (χ4v) is 2.97. The summed E-state index contributed by atoms with van der Waals surface area (Å²) in [5.74, 6) is -0.410. The van der Waals surface area contributed by atoms with Gasteiger partial charge < -0.3 is 10.6 Å². The average molecular weight is 372 g/mol. The fourth-order valence-electron chi connectivity index (χ4n) is 2.97. The van der Waals surface area contributed by atoms with E-state index in [4.69, 9.17) is 0 Å². The number of amides is 2. The van der Waals surface area contributed by atoms with E-state index >= 15 is 0 Å². The molecule has 0 saturated carbocycles. The molecule has 2 N–H and O–H groups in total. The molecule has 0 fully saturated rings. The lowest BCUT2D eigenvalue weighted by Gasteiger charge is -2.11. The number of anilines is 1. The summed E-state index contributed by atoms with van der Waals surface area (Å²) < 4.78 is 0. The Kier molecular flexibility index (Phi) is 6.96. The Hall–Kier alpha value is -3.40. The minimum atomic E-state index is -0.233. The first-order chi connectivity index (χ1) is 13.7. The third-order valence-electron chi connectivity index (χ3n) is 4.48. The van der Waals surface area contributed by atoms with E-state index in [1.54, 1.807) is 36.4 Å². The van der Waals surface area contributed by atoms with E-state index in [-0.39, 0.29) is 11.8 Å². The number of carbonyl (C=O) groups excluding carboxylic acids is 2. The van der Waals surface area contributed by atoms with E-state index < -0.39 is 0 Å². The van der Waals surface area contributed by atoms with Crippen molar-refractivity contribution in [3.8, 4) is 0 Å². The number of unbranched alkanes of at least 4 members (excludes halogenated alkanes) is 1. The van der Waals surface area contributed by atoms with Gasteiger partial charge >= 0.3 is 0 Å². The average Bonchev–Trinajstić information content (AvgIpc) is 2.75. The summed E-state index contributed by atoms with van der Waals surface area (Å²) in [6.45, 7) is 0.604. The summed E-state index contributed by atoms with van der Waals surface area (Å²) in [5.41, 5.74) is 2.84. The standard InChI is InChI=1S/C24H24N2O2/c27-23(20-14-5-2-6-15-20)26-22-17-8-7-16-21(22)24(28)25-18-10-9-13-19-11-3-1-4-12-19/h1-8,11-12,14-17H,9-10,13,18H2,(H,25,28)(H,26,27). The van der Waals surface area contributed by atoms with Crippen molar-refractivity contribution in [1.29, 1.82) is 0 Å². The quantitative estimate of drug-likeness (QED) is 0.564. The molecule has 4 heteroatoms. The van der Waals surface area contributed by atoms with Gasteiger partial charge in [-0.15, -0.1) is 0 Å². The van der Waals surface area contributed by atoms with Gasteiger partial charge in [-0.1, -0.05) is 60.7 Å². The maximum Gasteiger partial charge on any atom is 0.255 e. The minimum Gasteiger partial charge on any atom is -0.352 e. The van der Waals surface area contributed by atoms with Crippen LogP contribution in [0.2, 0.25) is 0 Å². The van der Waals surface area contributed by atoms with Crippen LogP contribution in [0.15, 0.2) is 84.9 Å². The van der Waals surface area contributed by atoms with Crippen LogP contribution in [0.25, 0.3) is 0 Å². The van der Waals surface area contributed by atoms with Crippen molar-refractivity contribution < 1.29 is 9.59 Å². The summed E-state index contributed by atoms with van der Waals surface area (Å²) in [6.07, 6.45) is 2.91. The van der Waals surface area contributed by atoms with Gasteiger partial charge in [0.1, 0.15) is 0 Å². The highest BCUT2D eigenvalue weighted by molar-refractivity contribution is 6.08. The summed E-state index contributed by atoms with van der Waals surface area (Å²) >= 11 is 0. The van der Waals surface area contributed by atoms with Gasteiger partial charge in [0, 0.05) is 12.1 Å². The molecule has 3 aromatic carbocycles. The molecular formula is C24H24N2O2. The van der Waals surface area contributed by atoms with Crippen molar-refractivity contribution in [1.82, 2.24) is 5.32 Å². The molecule has 28 heavy (non-hydrogen) atoms. The van der Waals surface area contributed by atoms with Gasteiger partial charge in [0.15, 0.2) is 0 Å². The lowest BCUT2D eigenvalue weighted by molar-refractivity contribution is 0.0954. The molecule has 2 amide bonds. The predicted molar refractivity (Wildman–Crippen MR) is 113 cm³/mol. The van der Waals surface area contributed by atoms with Crippen LogP contribution in [0.4, 0.5) is 5.69 Å². The second-order valence-corrected chi connectivity index (χ2v) is 6.56. The predicted octanol–water partition coefficient (Wildman–Crippen LogP) is 4.69. The Balaban J connectivity index is 1.52. The van der Waals surface area contributed by atoms with Gasteiger partial charge in [-0.2, -0.15) is 0 Å². The zero-order valence-electron chi connectivity index (χ0n) is 15.7. The Morgan fingerprint density at radius 1 is 0.679 bits per heavy atom.